The van der Waals surface area contributed by atoms with Gasteiger partial charge in [-0.1, -0.05) is 18.2 Å². The highest BCUT2D eigenvalue weighted by Crippen LogP contribution is 2.16. The molecule has 0 spiro atoms. The summed E-state index contributed by atoms with van der Waals surface area (Å²) in [4.78, 5) is 24.3. The third-order valence-electron chi connectivity index (χ3n) is 3.27. The van der Waals surface area contributed by atoms with Gasteiger partial charge in [0.25, 0.3) is 0 Å². The van der Waals surface area contributed by atoms with E-state index >= 15 is 0 Å². The van der Waals surface area contributed by atoms with Crippen LogP contribution >= 0.6 is 11.8 Å². The molecule has 0 heterocycles. The highest BCUT2D eigenvalue weighted by molar-refractivity contribution is 7.98. The number of esters is 1. The molecule has 0 aromatic heterocycles. The van der Waals surface area contributed by atoms with E-state index in [1.165, 1.54) is 12.0 Å². The summed E-state index contributed by atoms with van der Waals surface area (Å²) in [7, 11) is 1.30. The number of allylic oxidation sites excluding steroid dienone is 1. The lowest BCUT2D eigenvalue weighted by molar-refractivity contribution is -0.142. The summed E-state index contributed by atoms with van der Waals surface area (Å²) in [5.74, 6) is -0.0392. The van der Waals surface area contributed by atoms with Crippen molar-refractivity contribution in [3.05, 3.63) is 65.7 Å². The number of ether oxygens (including phenoxy) is 2. The lowest BCUT2D eigenvalue weighted by Crippen LogP contribution is -2.12. The molecular weight excluding hydrogens is 324 g/mol. The minimum Gasteiger partial charge on any atom is -0.482 e. The van der Waals surface area contributed by atoms with Gasteiger partial charge in [-0.25, -0.2) is 4.79 Å². The topological polar surface area (TPSA) is 52.6 Å². The largest absolute Gasteiger partial charge is 0.482 e. The molecule has 0 bridgehead atoms. The van der Waals surface area contributed by atoms with E-state index in [0.717, 1.165) is 5.56 Å². The minimum atomic E-state index is -0.453. The van der Waals surface area contributed by atoms with Crippen LogP contribution in [-0.2, 0) is 9.53 Å². The van der Waals surface area contributed by atoms with Crippen LogP contribution in [0.1, 0.15) is 15.9 Å². The van der Waals surface area contributed by atoms with Crippen LogP contribution in [0.2, 0.25) is 0 Å². The Morgan fingerprint density at radius 2 is 1.71 bits per heavy atom. The third kappa shape index (κ3) is 5.28. The van der Waals surface area contributed by atoms with E-state index in [2.05, 4.69) is 4.74 Å². The number of benzene rings is 2. The highest BCUT2D eigenvalue weighted by atomic mass is 32.2. The Hall–Kier alpha value is -2.53. The summed E-state index contributed by atoms with van der Waals surface area (Å²) in [6.45, 7) is -0.157. The normalized spacial score (nSPS) is 10.6. The second kappa shape index (κ2) is 8.93. The molecule has 0 fully saturated rings. The average molecular weight is 342 g/mol. The van der Waals surface area contributed by atoms with E-state index in [1.54, 1.807) is 48.2 Å². The molecule has 0 radical (unpaired) electrons. The van der Waals surface area contributed by atoms with Crippen LogP contribution in [-0.4, -0.2) is 31.7 Å². The summed E-state index contributed by atoms with van der Waals surface area (Å²) in [5.41, 5.74) is 1.52. The molecule has 4 nitrogen and oxygen atoms in total. The summed E-state index contributed by atoms with van der Waals surface area (Å²) in [6.07, 6.45) is 5.35. The van der Waals surface area contributed by atoms with Crippen molar-refractivity contribution in [3.8, 4) is 5.75 Å². The van der Waals surface area contributed by atoms with Gasteiger partial charge in [0.05, 0.1) is 7.11 Å². The number of ketones is 1. The van der Waals surface area contributed by atoms with Crippen LogP contribution in [0.3, 0.4) is 0 Å². The molecule has 124 valence electrons. The Labute approximate surface area is 145 Å². The number of rotatable bonds is 7. The van der Waals surface area contributed by atoms with Gasteiger partial charge in [-0.05, 0) is 54.3 Å². The maximum absolute atomic E-state index is 12.2. The van der Waals surface area contributed by atoms with Gasteiger partial charge in [0.2, 0.25) is 0 Å². The maximum Gasteiger partial charge on any atom is 0.343 e. The average Bonchev–Trinajstić information content (AvgIpc) is 2.64. The number of hydrogen-bond donors (Lipinski definition) is 0. The van der Waals surface area contributed by atoms with E-state index in [9.17, 15) is 9.59 Å². The van der Waals surface area contributed by atoms with Crippen molar-refractivity contribution in [2.24, 2.45) is 0 Å². The summed E-state index contributed by atoms with van der Waals surface area (Å²) in [6, 6.07) is 14.6. The van der Waals surface area contributed by atoms with Crippen LogP contribution in [0.25, 0.3) is 6.08 Å². The van der Waals surface area contributed by atoms with Gasteiger partial charge in [0.15, 0.2) is 12.4 Å². The van der Waals surface area contributed by atoms with Crippen LogP contribution in [0.4, 0.5) is 0 Å². The SMILES string of the molecule is COC(=O)COc1ccc(C(=O)/C=C/c2ccc(SC)cc2)cc1. The van der Waals surface area contributed by atoms with E-state index in [4.69, 9.17) is 4.74 Å². The van der Waals surface area contributed by atoms with Crippen molar-refractivity contribution in [3.63, 3.8) is 0 Å². The summed E-state index contributed by atoms with van der Waals surface area (Å²) >= 11 is 1.68. The third-order valence-corrected chi connectivity index (χ3v) is 4.01. The lowest BCUT2D eigenvalue weighted by Gasteiger charge is -2.05. The molecule has 0 amide bonds. The minimum absolute atomic E-state index is 0.0940. The number of carbonyl (C=O) groups excluding carboxylic acids is 2. The second-order valence-electron chi connectivity index (χ2n) is 4.86. The van der Waals surface area contributed by atoms with Gasteiger partial charge < -0.3 is 9.47 Å². The zero-order chi connectivity index (χ0) is 17.4. The molecule has 2 rings (SSSR count). The van der Waals surface area contributed by atoms with Crippen molar-refractivity contribution in [2.45, 2.75) is 4.90 Å². The van der Waals surface area contributed by atoms with E-state index < -0.39 is 5.97 Å². The Morgan fingerprint density at radius 1 is 1.04 bits per heavy atom. The molecule has 0 unspecified atom stereocenters. The van der Waals surface area contributed by atoms with Gasteiger partial charge in [-0.15, -0.1) is 11.8 Å². The van der Waals surface area contributed by atoms with Gasteiger partial charge in [-0.3, -0.25) is 4.79 Å². The Kier molecular flexibility index (Phi) is 6.63. The molecule has 0 aliphatic carbocycles. The predicted molar refractivity (Wildman–Crippen MR) is 95.5 cm³/mol. The van der Waals surface area contributed by atoms with Crippen molar-refractivity contribution < 1.29 is 19.1 Å². The number of thioether (sulfide) groups is 1. The molecule has 2 aromatic carbocycles. The first-order chi connectivity index (χ1) is 11.6. The first-order valence-electron chi connectivity index (χ1n) is 7.28. The lowest BCUT2D eigenvalue weighted by atomic mass is 10.1. The molecule has 0 atom stereocenters. The van der Waals surface area contributed by atoms with E-state index in [1.807, 2.05) is 30.5 Å². The van der Waals surface area contributed by atoms with Gasteiger partial charge in [0.1, 0.15) is 5.75 Å². The Balaban J connectivity index is 1.96. The maximum atomic E-state index is 12.2. The summed E-state index contributed by atoms with van der Waals surface area (Å²) in [5, 5.41) is 0. The number of methoxy groups -OCH3 is 1. The fraction of sp³-hybridized carbons (Fsp3) is 0.158. The highest BCUT2D eigenvalue weighted by Gasteiger charge is 2.04. The smallest absolute Gasteiger partial charge is 0.343 e. The van der Waals surface area contributed by atoms with Gasteiger partial charge in [-0.2, -0.15) is 0 Å². The van der Waals surface area contributed by atoms with E-state index in [-0.39, 0.29) is 12.4 Å². The second-order valence-corrected chi connectivity index (χ2v) is 5.74. The first kappa shape index (κ1) is 17.8. The van der Waals surface area contributed by atoms with Crippen molar-refractivity contribution in [2.75, 3.05) is 20.0 Å². The molecule has 0 saturated heterocycles. The molecule has 0 N–H and O–H groups in total. The quantitative estimate of drug-likeness (QED) is 0.331. The number of hydrogen-bond acceptors (Lipinski definition) is 5. The Bertz CT molecular complexity index is 718. The van der Waals surface area contributed by atoms with Gasteiger partial charge >= 0.3 is 5.97 Å². The zero-order valence-corrected chi connectivity index (χ0v) is 14.3. The van der Waals surface area contributed by atoms with Crippen molar-refractivity contribution in [1.82, 2.24) is 0 Å². The van der Waals surface area contributed by atoms with Crippen LogP contribution in [0.5, 0.6) is 5.75 Å². The summed E-state index contributed by atoms with van der Waals surface area (Å²) < 4.78 is 9.73. The number of carbonyl (C=O) groups is 2. The van der Waals surface area contributed by atoms with Crippen LogP contribution in [0, 0.1) is 0 Å². The molecule has 24 heavy (non-hydrogen) atoms. The zero-order valence-electron chi connectivity index (χ0n) is 13.5. The molecule has 0 aliphatic rings. The van der Waals surface area contributed by atoms with Crippen molar-refractivity contribution >= 4 is 29.6 Å². The molecular formula is C19H18O4S. The first-order valence-corrected chi connectivity index (χ1v) is 8.51. The monoisotopic (exact) mass is 342 g/mol. The molecule has 0 saturated carbocycles. The van der Waals surface area contributed by atoms with Crippen LogP contribution < -0.4 is 4.74 Å². The molecule has 0 aliphatic heterocycles. The standard InChI is InChI=1S/C19H18O4S/c1-22-19(21)13-23-16-8-6-15(7-9-16)18(20)12-5-14-3-10-17(24-2)11-4-14/h3-12H,13H2,1-2H3/b12-5+. The predicted octanol–water partition coefficient (Wildman–Crippen LogP) is 3.86. The van der Waals surface area contributed by atoms with Crippen LogP contribution in [0.15, 0.2) is 59.5 Å². The van der Waals surface area contributed by atoms with E-state index in [0.29, 0.717) is 11.3 Å². The van der Waals surface area contributed by atoms with Gasteiger partial charge in [0, 0.05) is 10.5 Å². The fourth-order valence-corrected chi connectivity index (χ4v) is 2.31. The molecule has 2 aromatic rings. The van der Waals surface area contributed by atoms with Crippen molar-refractivity contribution in [1.29, 1.82) is 0 Å². The molecule has 5 heteroatoms. The fourth-order valence-electron chi connectivity index (χ4n) is 1.90. The Morgan fingerprint density at radius 3 is 2.29 bits per heavy atom.